The summed E-state index contributed by atoms with van der Waals surface area (Å²) in [6, 6.07) is 1.65. The van der Waals surface area contributed by atoms with Gasteiger partial charge in [0, 0.05) is 13.1 Å². The fourth-order valence-corrected chi connectivity index (χ4v) is 2.38. The van der Waals surface area contributed by atoms with Gasteiger partial charge >= 0.3 is 5.97 Å². The van der Waals surface area contributed by atoms with E-state index in [2.05, 4.69) is 16.6 Å². The molecule has 6 nitrogen and oxygen atoms in total. The second-order valence-electron chi connectivity index (χ2n) is 3.95. The quantitative estimate of drug-likeness (QED) is 0.552. The van der Waals surface area contributed by atoms with E-state index >= 15 is 0 Å². The van der Waals surface area contributed by atoms with Gasteiger partial charge in [-0.2, -0.15) is 0 Å². The van der Waals surface area contributed by atoms with E-state index < -0.39 is 5.97 Å². The molecule has 0 aliphatic carbocycles. The Morgan fingerprint density at radius 2 is 2.35 bits per heavy atom. The molecule has 0 bridgehead atoms. The Labute approximate surface area is 121 Å². The highest BCUT2D eigenvalue weighted by Crippen LogP contribution is 2.22. The molecular weight excluding hydrogens is 280 g/mol. The van der Waals surface area contributed by atoms with Crippen LogP contribution in [0.15, 0.2) is 24.1 Å². The lowest BCUT2D eigenvalue weighted by Gasteiger charge is -2.18. The molecule has 0 spiro atoms. The Morgan fingerprint density at radius 1 is 1.60 bits per heavy atom. The van der Waals surface area contributed by atoms with Crippen molar-refractivity contribution in [1.82, 2.24) is 4.90 Å². The molecule has 0 aromatic carbocycles. The van der Waals surface area contributed by atoms with Crippen LogP contribution in [0.2, 0.25) is 0 Å². The molecule has 0 saturated carbocycles. The summed E-state index contributed by atoms with van der Waals surface area (Å²) in [5.74, 6) is -0.738. The smallest absolute Gasteiger partial charge is 0.350 e. The Hall–Kier alpha value is -1.70. The summed E-state index contributed by atoms with van der Waals surface area (Å²) in [5, 5.41) is 13.3. The number of nitrogens with zero attached hydrogens (tertiary/aromatic N) is 1. The third-order valence-electron chi connectivity index (χ3n) is 2.48. The Kier molecular flexibility index (Phi) is 6.92. The van der Waals surface area contributed by atoms with E-state index in [-0.39, 0.29) is 19.1 Å². The van der Waals surface area contributed by atoms with Crippen LogP contribution in [0, 0.1) is 0 Å². The van der Waals surface area contributed by atoms with Crippen LogP contribution in [0.25, 0.3) is 0 Å². The molecule has 2 N–H and O–H groups in total. The zero-order chi connectivity index (χ0) is 15.0. The van der Waals surface area contributed by atoms with E-state index in [0.29, 0.717) is 23.7 Å². The molecule has 1 aromatic heterocycles. The van der Waals surface area contributed by atoms with E-state index in [1.807, 2.05) is 0 Å². The van der Waals surface area contributed by atoms with Crippen LogP contribution < -0.4 is 5.32 Å². The van der Waals surface area contributed by atoms with Crippen molar-refractivity contribution in [3.8, 4) is 0 Å². The molecule has 1 aromatic rings. The van der Waals surface area contributed by atoms with Crippen molar-refractivity contribution in [2.75, 3.05) is 38.7 Å². The molecular formula is C13H18N2O4S. The summed E-state index contributed by atoms with van der Waals surface area (Å²) in [4.78, 5) is 25.5. The predicted octanol–water partition coefficient (Wildman–Crippen LogP) is 0.953. The number of anilines is 1. The van der Waals surface area contributed by atoms with Gasteiger partial charge in [0.05, 0.1) is 25.9 Å². The average Bonchev–Trinajstić information content (AvgIpc) is 2.86. The van der Waals surface area contributed by atoms with Crippen molar-refractivity contribution in [2.45, 2.75) is 0 Å². The molecule has 0 fully saturated rings. The number of nitrogens with one attached hydrogen (secondary N) is 1. The lowest BCUT2D eigenvalue weighted by atomic mass is 10.3. The van der Waals surface area contributed by atoms with Gasteiger partial charge in [0.2, 0.25) is 5.91 Å². The normalized spacial score (nSPS) is 10.3. The van der Waals surface area contributed by atoms with E-state index in [4.69, 9.17) is 5.11 Å². The molecule has 0 aliphatic heterocycles. The highest BCUT2D eigenvalue weighted by molar-refractivity contribution is 7.12. The van der Waals surface area contributed by atoms with Crippen LogP contribution in [0.3, 0.4) is 0 Å². The standard InChI is InChI=1S/C13H18N2O4S/c1-3-5-15(6-7-16)9-11(17)14-10-4-8-20-12(10)13(18)19-2/h3-4,8,16H,1,5-7,9H2,2H3,(H,14,17). The van der Waals surface area contributed by atoms with Gasteiger partial charge in [0.15, 0.2) is 0 Å². The van der Waals surface area contributed by atoms with Crippen molar-refractivity contribution in [3.63, 3.8) is 0 Å². The maximum atomic E-state index is 11.9. The van der Waals surface area contributed by atoms with Crippen LogP contribution in [-0.4, -0.2) is 55.2 Å². The van der Waals surface area contributed by atoms with Crippen LogP contribution in [0.4, 0.5) is 5.69 Å². The van der Waals surface area contributed by atoms with E-state index in [9.17, 15) is 9.59 Å². The number of hydrogen-bond acceptors (Lipinski definition) is 6. The molecule has 0 aliphatic rings. The van der Waals surface area contributed by atoms with Crippen LogP contribution >= 0.6 is 11.3 Å². The zero-order valence-corrected chi connectivity index (χ0v) is 12.1. The van der Waals surface area contributed by atoms with Gasteiger partial charge in [0.1, 0.15) is 4.88 Å². The third kappa shape index (κ3) is 4.76. The van der Waals surface area contributed by atoms with Crippen LogP contribution in [-0.2, 0) is 9.53 Å². The topological polar surface area (TPSA) is 78.9 Å². The van der Waals surface area contributed by atoms with E-state index in [1.165, 1.54) is 18.4 Å². The summed E-state index contributed by atoms with van der Waals surface area (Å²) in [5.41, 5.74) is 0.439. The molecule has 20 heavy (non-hydrogen) atoms. The van der Waals surface area contributed by atoms with Crippen molar-refractivity contribution in [1.29, 1.82) is 0 Å². The maximum absolute atomic E-state index is 11.9. The SMILES string of the molecule is C=CCN(CCO)CC(=O)Nc1ccsc1C(=O)OC. The second-order valence-corrected chi connectivity index (χ2v) is 4.87. The molecule has 0 atom stereocenters. The summed E-state index contributed by atoms with van der Waals surface area (Å²) >= 11 is 1.20. The monoisotopic (exact) mass is 298 g/mol. The number of ether oxygens (including phenoxy) is 1. The van der Waals surface area contributed by atoms with E-state index in [0.717, 1.165) is 0 Å². The van der Waals surface area contributed by atoms with Crippen LogP contribution in [0.5, 0.6) is 0 Å². The Morgan fingerprint density at radius 3 is 2.95 bits per heavy atom. The first kappa shape index (κ1) is 16.4. The number of thiophene rings is 1. The summed E-state index contributed by atoms with van der Waals surface area (Å²) < 4.78 is 4.64. The Bertz CT molecular complexity index is 473. The molecule has 1 rings (SSSR count). The number of amides is 1. The van der Waals surface area contributed by atoms with Gasteiger partial charge in [-0.25, -0.2) is 4.79 Å². The number of carbonyl (C=O) groups is 2. The predicted molar refractivity (Wildman–Crippen MR) is 78.0 cm³/mol. The minimum atomic E-state index is -0.478. The highest BCUT2D eigenvalue weighted by Gasteiger charge is 2.16. The summed E-state index contributed by atoms with van der Waals surface area (Å²) in [7, 11) is 1.29. The second kappa shape index (κ2) is 8.47. The molecule has 0 radical (unpaired) electrons. The van der Waals surface area contributed by atoms with Crippen LogP contribution in [0.1, 0.15) is 9.67 Å². The molecule has 7 heteroatoms. The number of rotatable bonds is 8. The van der Waals surface area contributed by atoms with Crippen molar-refractivity contribution < 1.29 is 19.4 Å². The van der Waals surface area contributed by atoms with Gasteiger partial charge in [-0.15, -0.1) is 17.9 Å². The number of carbonyl (C=O) groups excluding carboxylic acids is 2. The van der Waals surface area contributed by atoms with Gasteiger partial charge in [0.25, 0.3) is 0 Å². The first-order chi connectivity index (χ1) is 9.62. The summed E-state index contributed by atoms with van der Waals surface area (Å²) in [6.07, 6.45) is 1.66. The number of esters is 1. The number of aliphatic hydroxyl groups is 1. The van der Waals surface area contributed by atoms with Crippen molar-refractivity contribution in [2.24, 2.45) is 0 Å². The number of aliphatic hydroxyl groups excluding tert-OH is 1. The fourth-order valence-electron chi connectivity index (χ4n) is 1.61. The van der Waals surface area contributed by atoms with Gasteiger partial charge in [-0.1, -0.05) is 6.08 Å². The number of hydrogen-bond donors (Lipinski definition) is 2. The zero-order valence-electron chi connectivity index (χ0n) is 11.3. The lowest BCUT2D eigenvalue weighted by molar-refractivity contribution is -0.117. The molecule has 1 heterocycles. The maximum Gasteiger partial charge on any atom is 0.350 e. The minimum Gasteiger partial charge on any atom is -0.465 e. The Balaban J connectivity index is 2.63. The van der Waals surface area contributed by atoms with Gasteiger partial charge in [-0.05, 0) is 11.4 Å². The minimum absolute atomic E-state index is 0.0347. The molecule has 110 valence electrons. The molecule has 1 amide bonds. The van der Waals surface area contributed by atoms with Crippen molar-refractivity contribution >= 4 is 28.9 Å². The number of methoxy groups -OCH3 is 1. The third-order valence-corrected chi connectivity index (χ3v) is 3.38. The van der Waals surface area contributed by atoms with Gasteiger partial charge < -0.3 is 15.2 Å². The largest absolute Gasteiger partial charge is 0.465 e. The van der Waals surface area contributed by atoms with Crippen molar-refractivity contribution in [3.05, 3.63) is 29.0 Å². The molecule has 0 unspecified atom stereocenters. The highest BCUT2D eigenvalue weighted by atomic mass is 32.1. The summed E-state index contributed by atoms with van der Waals surface area (Å²) in [6.45, 7) is 4.56. The van der Waals surface area contributed by atoms with Gasteiger partial charge in [-0.3, -0.25) is 9.69 Å². The first-order valence-corrected chi connectivity index (χ1v) is 6.90. The lowest BCUT2D eigenvalue weighted by Crippen LogP contribution is -2.35. The first-order valence-electron chi connectivity index (χ1n) is 6.02. The van der Waals surface area contributed by atoms with E-state index in [1.54, 1.807) is 22.4 Å². The average molecular weight is 298 g/mol. The molecule has 0 saturated heterocycles. The fraction of sp³-hybridized carbons (Fsp3) is 0.385.